The second-order valence-corrected chi connectivity index (χ2v) is 5.61. The van der Waals surface area contributed by atoms with E-state index in [1.54, 1.807) is 0 Å². The van der Waals surface area contributed by atoms with Gasteiger partial charge in [0.15, 0.2) is 0 Å². The summed E-state index contributed by atoms with van der Waals surface area (Å²) in [4.78, 5) is 24.6. The maximum absolute atomic E-state index is 11.9. The smallest absolute Gasteiger partial charge is 0.234 e. The molecule has 0 spiro atoms. The van der Waals surface area contributed by atoms with Gasteiger partial charge in [0, 0.05) is 25.4 Å². The van der Waals surface area contributed by atoms with Gasteiger partial charge in [0.2, 0.25) is 11.8 Å². The molecule has 0 aliphatic heterocycles. The van der Waals surface area contributed by atoms with Gasteiger partial charge in [0.05, 0.1) is 12.6 Å². The Hall–Kier alpha value is -2.34. The molecule has 0 saturated heterocycles. The number of carbonyl (C=O) groups is 2. The molecular weight excluding hydrogens is 294 g/mol. The molecule has 1 heterocycles. The summed E-state index contributed by atoms with van der Waals surface area (Å²) in [7, 11) is 1.88. The number of rotatable bonds is 7. The minimum atomic E-state index is -0.102. The van der Waals surface area contributed by atoms with Crippen molar-refractivity contribution in [2.45, 2.75) is 19.9 Å². The summed E-state index contributed by atoms with van der Waals surface area (Å²) < 4.78 is 5.84. The lowest BCUT2D eigenvalue weighted by Gasteiger charge is -2.22. The highest BCUT2D eigenvalue weighted by Crippen LogP contribution is 2.26. The van der Waals surface area contributed by atoms with Gasteiger partial charge in [-0.25, -0.2) is 0 Å². The third-order valence-electron chi connectivity index (χ3n) is 3.73. The normalized spacial score (nSPS) is 12.3. The van der Waals surface area contributed by atoms with E-state index in [2.05, 4.69) is 10.6 Å². The molecule has 1 atom stereocenters. The van der Waals surface area contributed by atoms with E-state index in [4.69, 9.17) is 4.42 Å². The first-order chi connectivity index (χ1) is 11.0. The molecule has 2 aromatic rings. The average molecular weight is 317 g/mol. The van der Waals surface area contributed by atoms with E-state index < -0.39 is 0 Å². The van der Waals surface area contributed by atoms with E-state index in [1.807, 2.05) is 49.2 Å². The Balaban J connectivity index is 1.85. The molecule has 0 fully saturated rings. The van der Waals surface area contributed by atoms with Crippen molar-refractivity contribution in [3.63, 3.8) is 0 Å². The molecule has 0 aliphatic carbocycles. The number of para-hydroxylation sites is 1. The van der Waals surface area contributed by atoms with Crippen molar-refractivity contribution in [2.75, 3.05) is 26.7 Å². The molecule has 6 nitrogen and oxygen atoms in total. The summed E-state index contributed by atoms with van der Waals surface area (Å²) in [5.41, 5.74) is 0.850. The maximum atomic E-state index is 11.9. The second-order valence-electron chi connectivity index (χ2n) is 5.61. The number of amides is 2. The van der Waals surface area contributed by atoms with E-state index in [-0.39, 0.29) is 24.4 Å². The number of nitrogens with zero attached hydrogens (tertiary/aromatic N) is 1. The van der Waals surface area contributed by atoms with Gasteiger partial charge >= 0.3 is 0 Å². The highest BCUT2D eigenvalue weighted by molar-refractivity contribution is 5.79. The summed E-state index contributed by atoms with van der Waals surface area (Å²) in [6.45, 7) is 4.57. The number of furan rings is 1. The van der Waals surface area contributed by atoms with E-state index in [0.29, 0.717) is 13.1 Å². The van der Waals surface area contributed by atoms with Crippen LogP contribution in [0.2, 0.25) is 0 Å². The maximum Gasteiger partial charge on any atom is 0.234 e. The topological polar surface area (TPSA) is 74.6 Å². The van der Waals surface area contributed by atoms with Crippen LogP contribution in [0.15, 0.2) is 34.7 Å². The highest BCUT2D eigenvalue weighted by atomic mass is 16.3. The molecule has 1 aromatic carbocycles. The number of hydrogen-bond acceptors (Lipinski definition) is 4. The predicted molar refractivity (Wildman–Crippen MR) is 89.0 cm³/mol. The van der Waals surface area contributed by atoms with Crippen molar-refractivity contribution < 1.29 is 14.0 Å². The summed E-state index contributed by atoms with van der Waals surface area (Å²) >= 11 is 0. The SMILES string of the molecule is CC(=O)NCCNC(=O)CN(C)C(C)c1cc2ccccc2o1. The van der Waals surface area contributed by atoms with Crippen LogP contribution in [0.5, 0.6) is 0 Å². The van der Waals surface area contributed by atoms with Crippen molar-refractivity contribution in [3.05, 3.63) is 36.1 Å². The Labute approximate surface area is 135 Å². The molecule has 2 rings (SSSR count). The zero-order valence-electron chi connectivity index (χ0n) is 13.8. The summed E-state index contributed by atoms with van der Waals surface area (Å²) in [6, 6.07) is 9.84. The van der Waals surface area contributed by atoms with Crippen LogP contribution >= 0.6 is 0 Å². The van der Waals surface area contributed by atoms with Gasteiger partial charge in [-0.05, 0) is 26.1 Å². The molecule has 0 radical (unpaired) electrons. The lowest BCUT2D eigenvalue weighted by molar-refractivity contribution is -0.123. The van der Waals surface area contributed by atoms with Gasteiger partial charge < -0.3 is 15.1 Å². The fraction of sp³-hybridized carbons (Fsp3) is 0.412. The van der Waals surface area contributed by atoms with Gasteiger partial charge in [0.1, 0.15) is 11.3 Å². The minimum Gasteiger partial charge on any atom is -0.459 e. The Morgan fingerprint density at radius 3 is 2.61 bits per heavy atom. The van der Waals surface area contributed by atoms with Crippen LogP contribution in [0.1, 0.15) is 25.6 Å². The van der Waals surface area contributed by atoms with Gasteiger partial charge in [-0.2, -0.15) is 0 Å². The zero-order chi connectivity index (χ0) is 16.8. The largest absolute Gasteiger partial charge is 0.459 e. The van der Waals surface area contributed by atoms with E-state index >= 15 is 0 Å². The quantitative estimate of drug-likeness (QED) is 0.762. The molecule has 1 aromatic heterocycles. The Morgan fingerprint density at radius 2 is 1.91 bits per heavy atom. The van der Waals surface area contributed by atoms with Crippen LogP contribution in [0, 0.1) is 0 Å². The van der Waals surface area contributed by atoms with E-state index in [0.717, 1.165) is 16.7 Å². The molecule has 2 amide bonds. The van der Waals surface area contributed by atoms with E-state index in [9.17, 15) is 9.59 Å². The minimum absolute atomic E-state index is 0.0107. The van der Waals surface area contributed by atoms with Gasteiger partial charge in [-0.1, -0.05) is 18.2 Å². The Bertz CT molecular complexity index is 648. The molecule has 0 saturated carbocycles. The van der Waals surface area contributed by atoms with Crippen LogP contribution in [0.3, 0.4) is 0 Å². The average Bonchev–Trinajstić information content (AvgIpc) is 2.94. The van der Waals surface area contributed by atoms with Gasteiger partial charge in [0.25, 0.3) is 0 Å². The van der Waals surface area contributed by atoms with Crippen molar-refractivity contribution >= 4 is 22.8 Å². The van der Waals surface area contributed by atoms with Crippen molar-refractivity contribution in [3.8, 4) is 0 Å². The molecular formula is C17H23N3O3. The first-order valence-electron chi connectivity index (χ1n) is 7.67. The number of likely N-dealkylation sites (N-methyl/N-ethyl adjacent to an activating group) is 1. The first kappa shape index (κ1) is 17.0. The summed E-state index contributed by atoms with van der Waals surface area (Å²) in [5, 5.41) is 6.47. The molecule has 6 heteroatoms. The van der Waals surface area contributed by atoms with Gasteiger partial charge in [-0.15, -0.1) is 0 Å². The fourth-order valence-corrected chi connectivity index (χ4v) is 2.29. The molecule has 2 N–H and O–H groups in total. The predicted octanol–water partition coefficient (Wildman–Crippen LogP) is 1.68. The lowest BCUT2D eigenvalue weighted by Crippen LogP contribution is -2.39. The third-order valence-corrected chi connectivity index (χ3v) is 3.73. The molecule has 0 bridgehead atoms. The van der Waals surface area contributed by atoms with Crippen LogP contribution in [0.25, 0.3) is 11.0 Å². The lowest BCUT2D eigenvalue weighted by atomic mass is 10.2. The van der Waals surface area contributed by atoms with E-state index in [1.165, 1.54) is 6.92 Å². The number of nitrogens with one attached hydrogen (secondary N) is 2. The number of hydrogen-bond donors (Lipinski definition) is 2. The van der Waals surface area contributed by atoms with Crippen molar-refractivity contribution in [1.82, 2.24) is 15.5 Å². The monoisotopic (exact) mass is 317 g/mol. The van der Waals surface area contributed by atoms with Crippen LogP contribution < -0.4 is 10.6 Å². The van der Waals surface area contributed by atoms with Crippen LogP contribution in [0.4, 0.5) is 0 Å². The highest BCUT2D eigenvalue weighted by Gasteiger charge is 2.18. The molecule has 0 aliphatic rings. The van der Waals surface area contributed by atoms with Crippen molar-refractivity contribution in [1.29, 1.82) is 0 Å². The Morgan fingerprint density at radius 1 is 1.22 bits per heavy atom. The van der Waals surface area contributed by atoms with Crippen molar-refractivity contribution in [2.24, 2.45) is 0 Å². The zero-order valence-corrected chi connectivity index (χ0v) is 13.8. The number of carbonyl (C=O) groups excluding carboxylic acids is 2. The first-order valence-corrected chi connectivity index (χ1v) is 7.67. The molecule has 23 heavy (non-hydrogen) atoms. The summed E-state index contributed by atoms with van der Waals surface area (Å²) in [5.74, 6) is 0.649. The second kappa shape index (κ2) is 7.78. The number of fused-ring (bicyclic) bond motifs is 1. The number of benzene rings is 1. The molecule has 124 valence electrons. The Kier molecular flexibility index (Phi) is 5.76. The van der Waals surface area contributed by atoms with Gasteiger partial charge in [-0.3, -0.25) is 14.5 Å². The standard InChI is InChI=1S/C17H23N3O3/c1-12(16-10-14-6-4-5-7-15(14)23-16)20(3)11-17(22)19-9-8-18-13(2)21/h4-7,10,12H,8-9,11H2,1-3H3,(H,18,21)(H,19,22). The molecule has 1 unspecified atom stereocenters. The van der Waals surface area contributed by atoms with Crippen LogP contribution in [-0.4, -0.2) is 43.4 Å². The third kappa shape index (κ3) is 4.82. The fourth-order valence-electron chi connectivity index (χ4n) is 2.29. The summed E-state index contributed by atoms with van der Waals surface area (Å²) in [6.07, 6.45) is 0. The van der Waals surface area contributed by atoms with Crippen LogP contribution in [-0.2, 0) is 9.59 Å².